The average Bonchev–Trinajstić information content (AvgIpc) is 2.38. The van der Waals surface area contributed by atoms with Gasteiger partial charge in [0.25, 0.3) is 0 Å². The first-order valence-corrected chi connectivity index (χ1v) is 5.43. The Labute approximate surface area is 105 Å². The first-order valence-electron chi connectivity index (χ1n) is 5.43. The lowest BCUT2D eigenvalue weighted by Gasteiger charge is -2.18. The highest BCUT2D eigenvalue weighted by atomic mass is 16.4. The van der Waals surface area contributed by atoms with Gasteiger partial charge in [0.2, 0.25) is 0 Å². The van der Waals surface area contributed by atoms with E-state index in [4.69, 9.17) is 5.11 Å². The second-order valence-corrected chi connectivity index (χ2v) is 3.93. The monoisotopic (exact) mass is 243 g/mol. The van der Waals surface area contributed by atoms with E-state index >= 15 is 0 Å². The maximum absolute atomic E-state index is 10.8. The number of benzene rings is 1. The summed E-state index contributed by atoms with van der Waals surface area (Å²) in [6, 6.07) is 8.51. The predicted octanol–water partition coefficient (Wildman–Crippen LogP) is 2.25. The van der Waals surface area contributed by atoms with Crippen molar-refractivity contribution in [3.8, 4) is 0 Å². The maximum atomic E-state index is 10.8. The van der Waals surface area contributed by atoms with Crippen LogP contribution in [0.4, 0.5) is 11.5 Å². The molecule has 2 aromatic rings. The molecule has 5 nitrogen and oxygen atoms in total. The summed E-state index contributed by atoms with van der Waals surface area (Å²) >= 11 is 0. The van der Waals surface area contributed by atoms with Gasteiger partial charge in [-0.15, -0.1) is 0 Å². The molecule has 0 aliphatic carbocycles. The van der Waals surface area contributed by atoms with Crippen LogP contribution in [0.25, 0.3) is 0 Å². The smallest absolute Gasteiger partial charge is 0.335 e. The van der Waals surface area contributed by atoms with E-state index in [0.717, 1.165) is 17.2 Å². The fourth-order valence-electron chi connectivity index (χ4n) is 1.58. The molecule has 0 atom stereocenters. The molecule has 0 aliphatic rings. The van der Waals surface area contributed by atoms with E-state index in [2.05, 4.69) is 9.97 Å². The summed E-state index contributed by atoms with van der Waals surface area (Å²) in [5.41, 5.74) is 2.03. The highest BCUT2D eigenvalue weighted by molar-refractivity contribution is 5.88. The number of hydrogen-bond acceptors (Lipinski definition) is 4. The molecule has 0 amide bonds. The number of aromatic carboxylic acids is 1. The predicted molar refractivity (Wildman–Crippen MR) is 68.2 cm³/mol. The Hall–Kier alpha value is -2.43. The Morgan fingerprint density at radius 1 is 1.22 bits per heavy atom. The molecule has 0 unspecified atom stereocenters. The topological polar surface area (TPSA) is 66.3 Å². The van der Waals surface area contributed by atoms with Crippen molar-refractivity contribution in [1.29, 1.82) is 0 Å². The van der Waals surface area contributed by atoms with Crippen LogP contribution in [0.15, 0.2) is 36.7 Å². The molecule has 5 heteroatoms. The van der Waals surface area contributed by atoms with Crippen molar-refractivity contribution in [2.45, 2.75) is 6.92 Å². The third-order valence-electron chi connectivity index (χ3n) is 2.63. The van der Waals surface area contributed by atoms with E-state index in [9.17, 15) is 4.79 Å². The molecule has 1 aromatic carbocycles. The molecule has 2 rings (SSSR count). The van der Waals surface area contributed by atoms with Gasteiger partial charge in [0.15, 0.2) is 0 Å². The Bertz CT molecular complexity index is 567. The van der Waals surface area contributed by atoms with Gasteiger partial charge in [0.05, 0.1) is 5.56 Å². The zero-order valence-corrected chi connectivity index (χ0v) is 10.2. The highest BCUT2D eigenvalue weighted by Gasteiger charge is 2.07. The number of anilines is 2. The largest absolute Gasteiger partial charge is 0.478 e. The van der Waals surface area contributed by atoms with Gasteiger partial charge in [-0.2, -0.15) is 0 Å². The van der Waals surface area contributed by atoms with E-state index in [1.165, 1.54) is 6.33 Å². The second kappa shape index (κ2) is 4.83. The molecule has 92 valence electrons. The van der Waals surface area contributed by atoms with Gasteiger partial charge in [-0.1, -0.05) is 0 Å². The summed E-state index contributed by atoms with van der Waals surface area (Å²) in [6.07, 6.45) is 1.51. The molecule has 0 aliphatic heterocycles. The zero-order valence-electron chi connectivity index (χ0n) is 10.2. The van der Waals surface area contributed by atoms with Gasteiger partial charge in [-0.05, 0) is 31.2 Å². The normalized spacial score (nSPS) is 10.1. The third-order valence-corrected chi connectivity index (χ3v) is 2.63. The van der Waals surface area contributed by atoms with Crippen LogP contribution in [0.3, 0.4) is 0 Å². The van der Waals surface area contributed by atoms with Crippen molar-refractivity contribution in [2.75, 3.05) is 11.9 Å². The van der Waals surface area contributed by atoms with E-state index in [0.29, 0.717) is 0 Å². The van der Waals surface area contributed by atoms with Gasteiger partial charge in [0.1, 0.15) is 12.1 Å². The minimum Gasteiger partial charge on any atom is -0.478 e. The molecule has 0 radical (unpaired) electrons. The summed E-state index contributed by atoms with van der Waals surface area (Å²) in [6.45, 7) is 1.90. The van der Waals surface area contributed by atoms with Crippen LogP contribution in [0.5, 0.6) is 0 Å². The Morgan fingerprint density at radius 3 is 2.44 bits per heavy atom. The zero-order chi connectivity index (χ0) is 13.1. The number of rotatable bonds is 3. The van der Waals surface area contributed by atoms with Crippen LogP contribution in [-0.2, 0) is 0 Å². The lowest BCUT2D eigenvalue weighted by Crippen LogP contribution is -2.11. The van der Waals surface area contributed by atoms with E-state index in [1.807, 2.05) is 24.9 Å². The number of nitrogens with zero attached hydrogens (tertiary/aromatic N) is 3. The summed E-state index contributed by atoms with van der Waals surface area (Å²) < 4.78 is 0. The van der Waals surface area contributed by atoms with Crippen molar-refractivity contribution >= 4 is 17.5 Å². The van der Waals surface area contributed by atoms with E-state index < -0.39 is 5.97 Å². The standard InChI is InChI=1S/C13H13N3O2/c1-9-7-12(15-8-14-9)16(2)11-5-3-10(4-6-11)13(17)18/h3-8H,1-2H3,(H,17,18). The molecule has 1 N–H and O–H groups in total. The maximum Gasteiger partial charge on any atom is 0.335 e. The fraction of sp³-hybridized carbons (Fsp3) is 0.154. The minimum absolute atomic E-state index is 0.269. The molecule has 0 fully saturated rings. The first kappa shape index (κ1) is 12.0. The van der Waals surface area contributed by atoms with Crippen molar-refractivity contribution in [3.63, 3.8) is 0 Å². The minimum atomic E-state index is -0.929. The summed E-state index contributed by atoms with van der Waals surface area (Å²) in [5.74, 6) is -0.160. The van der Waals surface area contributed by atoms with Crippen LogP contribution >= 0.6 is 0 Å². The van der Waals surface area contributed by atoms with Crippen LogP contribution in [-0.4, -0.2) is 28.1 Å². The molecule has 0 bridgehead atoms. The van der Waals surface area contributed by atoms with Gasteiger partial charge >= 0.3 is 5.97 Å². The van der Waals surface area contributed by atoms with Crippen molar-refractivity contribution in [2.24, 2.45) is 0 Å². The summed E-state index contributed by atoms with van der Waals surface area (Å²) in [5, 5.41) is 8.83. The van der Waals surface area contributed by atoms with Crippen molar-refractivity contribution in [3.05, 3.63) is 47.9 Å². The van der Waals surface area contributed by atoms with Gasteiger partial charge in [-0.3, -0.25) is 0 Å². The summed E-state index contributed by atoms with van der Waals surface area (Å²) in [7, 11) is 1.87. The van der Waals surface area contributed by atoms with Crippen LogP contribution in [0, 0.1) is 6.92 Å². The van der Waals surface area contributed by atoms with Crippen molar-refractivity contribution < 1.29 is 9.90 Å². The Kier molecular flexibility index (Phi) is 3.23. The molecular weight excluding hydrogens is 230 g/mol. The number of hydrogen-bond donors (Lipinski definition) is 1. The molecule has 1 heterocycles. The number of carboxylic acid groups (broad SMARTS) is 1. The first-order chi connectivity index (χ1) is 8.58. The number of carboxylic acids is 1. The fourth-order valence-corrected chi connectivity index (χ4v) is 1.58. The van der Waals surface area contributed by atoms with Crippen molar-refractivity contribution in [1.82, 2.24) is 9.97 Å². The molecule has 1 aromatic heterocycles. The van der Waals surface area contributed by atoms with Gasteiger partial charge in [-0.25, -0.2) is 14.8 Å². The lowest BCUT2D eigenvalue weighted by atomic mass is 10.2. The number of aryl methyl sites for hydroxylation is 1. The quantitative estimate of drug-likeness (QED) is 0.895. The average molecular weight is 243 g/mol. The SMILES string of the molecule is Cc1cc(N(C)c2ccc(C(=O)O)cc2)ncn1. The lowest BCUT2D eigenvalue weighted by molar-refractivity contribution is 0.0697. The van der Waals surface area contributed by atoms with Crippen LogP contribution in [0.1, 0.15) is 16.1 Å². The second-order valence-electron chi connectivity index (χ2n) is 3.93. The third kappa shape index (κ3) is 2.45. The number of aromatic nitrogens is 2. The molecule has 0 spiro atoms. The van der Waals surface area contributed by atoms with Crippen LogP contribution in [0.2, 0.25) is 0 Å². The van der Waals surface area contributed by atoms with Gasteiger partial charge < -0.3 is 10.0 Å². The Balaban J connectivity index is 2.28. The highest BCUT2D eigenvalue weighted by Crippen LogP contribution is 2.21. The number of carbonyl (C=O) groups is 1. The molecule has 18 heavy (non-hydrogen) atoms. The summed E-state index contributed by atoms with van der Waals surface area (Å²) in [4.78, 5) is 20.8. The van der Waals surface area contributed by atoms with Gasteiger partial charge in [0, 0.05) is 24.5 Å². The van der Waals surface area contributed by atoms with E-state index in [1.54, 1.807) is 24.3 Å². The van der Waals surface area contributed by atoms with E-state index in [-0.39, 0.29) is 5.56 Å². The van der Waals surface area contributed by atoms with Crippen LogP contribution < -0.4 is 4.90 Å². The Morgan fingerprint density at radius 2 is 1.89 bits per heavy atom. The molecule has 0 saturated carbocycles. The molecule has 0 saturated heterocycles. The molecular formula is C13H13N3O2.